The lowest BCUT2D eigenvalue weighted by atomic mass is 9.95. The molecule has 94 valence electrons. The second kappa shape index (κ2) is 4.74. The van der Waals surface area contributed by atoms with E-state index in [0.717, 1.165) is 10.0 Å². The van der Waals surface area contributed by atoms with E-state index in [1.165, 1.54) is 0 Å². The molecule has 3 heteroatoms. The van der Waals surface area contributed by atoms with Crippen molar-refractivity contribution in [1.29, 1.82) is 0 Å². The zero-order valence-corrected chi connectivity index (χ0v) is 11.7. The van der Waals surface area contributed by atoms with Crippen molar-refractivity contribution in [2.75, 3.05) is 0 Å². The van der Waals surface area contributed by atoms with Crippen molar-refractivity contribution in [3.05, 3.63) is 69.7 Å². The third-order valence-corrected chi connectivity index (χ3v) is 3.91. The maximum absolute atomic E-state index is 12.3. The van der Waals surface area contributed by atoms with Crippen molar-refractivity contribution >= 4 is 27.5 Å². The molecule has 2 aromatic carbocycles. The Balaban J connectivity index is 1.92. The summed E-state index contributed by atoms with van der Waals surface area (Å²) in [5.74, 6) is -0.673. The van der Waals surface area contributed by atoms with Crippen molar-refractivity contribution in [3.8, 4) is 0 Å². The van der Waals surface area contributed by atoms with E-state index in [0.29, 0.717) is 17.5 Å². The molecular weight excluding hydrogens is 304 g/mol. The molecule has 19 heavy (non-hydrogen) atoms. The summed E-state index contributed by atoms with van der Waals surface area (Å²) < 4.78 is 0.959. The van der Waals surface area contributed by atoms with E-state index in [-0.39, 0.29) is 11.6 Å². The number of benzene rings is 2. The van der Waals surface area contributed by atoms with Gasteiger partial charge >= 0.3 is 0 Å². The molecule has 1 aliphatic carbocycles. The van der Waals surface area contributed by atoms with Crippen LogP contribution >= 0.6 is 15.9 Å². The summed E-state index contributed by atoms with van der Waals surface area (Å²) in [7, 11) is 0. The van der Waals surface area contributed by atoms with Crippen LogP contribution in [0.3, 0.4) is 0 Å². The Labute approximate surface area is 119 Å². The van der Waals surface area contributed by atoms with Gasteiger partial charge in [-0.05, 0) is 24.1 Å². The predicted octanol–water partition coefficient (Wildman–Crippen LogP) is 3.69. The van der Waals surface area contributed by atoms with Crippen LogP contribution in [0.4, 0.5) is 0 Å². The average molecular weight is 315 g/mol. The van der Waals surface area contributed by atoms with Crippen LogP contribution in [0.5, 0.6) is 0 Å². The second-order valence-corrected chi connectivity index (χ2v) is 5.58. The first kappa shape index (κ1) is 12.3. The molecule has 0 saturated heterocycles. The number of hydrogen-bond acceptors (Lipinski definition) is 2. The first-order valence-corrected chi connectivity index (χ1v) is 6.88. The summed E-state index contributed by atoms with van der Waals surface area (Å²) in [5, 5.41) is 0. The van der Waals surface area contributed by atoms with Gasteiger partial charge in [0, 0.05) is 15.6 Å². The molecule has 0 radical (unpaired) electrons. The summed E-state index contributed by atoms with van der Waals surface area (Å²) in [6, 6.07) is 14.8. The van der Waals surface area contributed by atoms with E-state index in [1.807, 2.05) is 24.3 Å². The van der Waals surface area contributed by atoms with Crippen LogP contribution in [0.2, 0.25) is 0 Å². The molecule has 3 rings (SSSR count). The molecule has 0 amide bonds. The topological polar surface area (TPSA) is 34.1 Å². The van der Waals surface area contributed by atoms with Gasteiger partial charge in [-0.3, -0.25) is 9.59 Å². The van der Waals surface area contributed by atoms with Crippen molar-refractivity contribution in [1.82, 2.24) is 0 Å². The Bertz CT molecular complexity index is 641. The molecule has 0 fully saturated rings. The number of halogens is 1. The van der Waals surface area contributed by atoms with Crippen LogP contribution in [0.1, 0.15) is 26.3 Å². The Kier molecular flexibility index (Phi) is 3.07. The van der Waals surface area contributed by atoms with Gasteiger partial charge in [0.2, 0.25) is 0 Å². The molecular formula is C16H11BrO2. The fraction of sp³-hybridized carbons (Fsp3) is 0.125. The molecule has 0 aliphatic heterocycles. The third-order valence-electron chi connectivity index (χ3n) is 3.42. The molecule has 0 N–H and O–H groups in total. The smallest absolute Gasteiger partial charge is 0.174 e. The summed E-state index contributed by atoms with van der Waals surface area (Å²) >= 11 is 3.40. The second-order valence-electron chi connectivity index (χ2n) is 4.66. The van der Waals surface area contributed by atoms with E-state index >= 15 is 0 Å². The third kappa shape index (κ3) is 2.15. The molecule has 1 aliphatic rings. The summed E-state index contributed by atoms with van der Waals surface area (Å²) in [5.41, 5.74) is 2.12. The number of fused-ring (bicyclic) bond motifs is 1. The van der Waals surface area contributed by atoms with Gasteiger partial charge in [0.1, 0.15) is 0 Å². The van der Waals surface area contributed by atoms with Crippen molar-refractivity contribution in [2.24, 2.45) is 5.92 Å². The van der Waals surface area contributed by atoms with Crippen molar-refractivity contribution in [3.63, 3.8) is 0 Å². The van der Waals surface area contributed by atoms with E-state index in [2.05, 4.69) is 15.9 Å². The highest BCUT2D eigenvalue weighted by molar-refractivity contribution is 9.10. The number of carbonyl (C=O) groups is 2. The van der Waals surface area contributed by atoms with Gasteiger partial charge in [-0.15, -0.1) is 0 Å². The number of rotatable bonds is 2. The SMILES string of the molecule is O=C1c2ccccc2C(=O)C1Cc1cccc(Br)c1. The molecule has 2 aromatic rings. The molecule has 0 spiro atoms. The number of hydrogen-bond donors (Lipinski definition) is 0. The van der Waals surface area contributed by atoms with Crippen molar-refractivity contribution < 1.29 is 9.59 Å². The molecule has 0 atom stereocenters. The zero-order chi connectivity index (χ0) is 13.4. The Morgan fingerprint density at radius 1 is 0.895 bits per heavy atom. The molecule has 0 saturated carbocycles. The number of Topliss-reactive ketones (excluding diaryl/α,β-unsaturated/α-hetero) is 2. The summed E-state index contributed by atoms with van der Waals surface area (Å²) in [6.45, 7) is 0. The van der Waals surface area contributed by atoms with E-state index in [9.17, 15) is 9.59 Å². The van der Waals surface area contributed by atoms with Crippen LogP contribution in [0.15, 0.2) is 53.0 Å². The van der Waals surface area contributed by atoms with Gasteiger partial charge in [-0.2, -0.15) is 0 Å². The predicted molar refractivity (Wildman–Crippen MR) is 76.4 cm³/mol. The minimum atomic E-state index is -0.563. The Morgan fingerprint density at radius 3 is 2.11 bits per heavy atom. The molecule has 0 aromatic heterocycles. The summed E-state index contributed by atoms with van der Waals surface area (Å²) in [4.78, 5) is 24.5. The minimum Gasteiger partial charge on any atom is -0.293 e. The zero-order valence-electron chi connectivity index (χ0n) is 10.1. The quantitative estimate of drug-likeness (QED) is 0.792. The fourth-order valence-corrected chi connectivity index (χ4v) is 2.94. The van der Waals surface area contributed by atoms with Crippen LogP contribution in [-0.4, -0.2) is 11.6 Å². The standard InChI is InChI=1S/C16H11BrO2/c17-11-5-3-4-10(8-11)9-14-15(18)12-6-1-2-7-13(12)16(14)19/h1-8,14H,9H2. The highest BCUT2D eigenvalue weighted by atomic mass is 79.9. The van der Waals surface area contributed by atoms with E-state index in [1.54, 1.807) is 24.3 Å². The molecule has 0 heterocycles. The highest BCUT2D eigenvalue weighted by Crippen LogP contribution is 2.29. The van der Waals surface area contributed by atoms with Gasteiger partial charge in [-0.25, -0.2) is 0 Å². The lowest BCUT2D eigenvalue weighted by Crippen LogP contribution is -2.17. The van der Waals surface area contributed by atoms with E-state index < -0.39 is 5.92 Å². The van der Waals surface area contributed by atoms with Crippen LogP contribution < -0.4 is 0 Å². The normalized spacial score (nSPS) is 14.8. The first-order valence-electron chi connectivity index (χ1n) is 6.09. The fourth-order valence-electron chi connectivity index (χ4n) is 2.49. The Morgan fingerprint density at radius 2 is 1.53 bits per heavy atom. The summed E-state index contributed by atoms with van der Waals surface area (Å²) in [6.07, 6.45) is 0.464. The maximum Gasteiger partial charge on any atom is 0.174 e. The van der Waals surface area contributed by atoms with Crippen LogP contribution in [0.25, 0.3) is 0 Å². The molecule has 0 bridgehead atoms. The largest absolute Gasteiger partial charge is 0.293 e. The first-order chi connectivity index (χ1) is 9.16. The monoisotopic (exact) mass is 314 g/mol. The van der Waals surface area contributed by atoms with Gasteiger partial charge in [0.25, 0.3) is 0 Å². The molecule has 2 nitrogen and oxygen atoms in total. The van der Waals surface area contributed by atoms with Gasteiger partial charge in [0.05, 0.1) is 5.92 Å². The van der Waals surface area contributed by atoms with Gasteiger partial charge in [-0.1, -0.05) is 52.3 Å². The van der Waals surface area contributed by atoms with Crippen LogP contribution in [0, 0.1) is 5.92 Å². The lowest BCUT2D eigenvalue weighted by molar-refractivity contribution is 0.0838. The lowest BCUT2D eigenvalue weighted by Gasteiger charge is -2.07. The van der Waals surface area contributed by atoms with Crippen LogP contribution in [-0.2, 0) is 6.42 Å². The number of ketones is 2. The maximum atomic E-state index is 12.3. The highest BCUT2D eigenvalue weighted by Gasteiger charge is 2.37. The average Bonchev–Trinajstić information content (AvgIpc) is 2.65. The Hall–Kier alpha value is -1.74. The van der Waals surface area contributed by atoms with Gasteiger partial charge in [0.15, 0.2) is 11.6 Å². The van der Waals surface area contributed by atoms with Crippen molar-refractivity contribution in [2.45, 2.75) is 6.42 Å². The molecule has 0 unspecified atom stereocenters. The number of carbonyl (C=O) groups excluding carboxylic acids is 2. The minimum absolute atomic E-state index is 0.0550. The van der Waals surface area contributed by atoms with E-state index in [4.69, 9.17) is 0 Å². The van der Waals surface area contributed by atoms with Gasteiger partial charge < -0.3 is 0 Å².